The Labute approximate surface area is 243 Å². The van der Waals surface area contributed by atoms with Gasteiger partial charge >= 0.3 is 5.97 Å². The molecule has 0 fully saturated rings. The molecule has 0 N–H and O–H groups in total. The highest BCUT2D eigenvalue weighted by molar-refractivity contribution is 7.07. The molecule has 12 heteroatoms. The largest absolute Gasteiger partial charge is 0.497 e. The van der Waals surface area contributed by atoms with Gasteiger partial charge in [0, 0.05) is 12.1 Å². The Balaban J connectivity index is 1.61. The van der Waals surface area contributed by atoms with Crippen molar-refractivity contribution in [2.75, 3.05) is 14.2 Å². The van der Waals surface area contributed by atoms with Crippen molar-refractivity contribution in [3.8, 4) is 22.8 Å². The molecule has 0 spiro atoms. The van der Waals surface area contributed by atoms with Crippen molar-refractivity contribution < 1.29 is 28.3 Å². The van der Waals surface area contributed by atoms with Gasteiger partial charge in [-0.1, -0.05) is 23.5 Å². The topological polar surface area (TPSA) is 135 Å². The fraction of sp³-hybridized carbons (Fsp3) is 0.233. The highest BCUT2D eigenvalue weighted by Gasteiger charge is 2.34. The first-order valence-corrected chi connectivity index (χ1v) is 13.7. The van der Waals surface area contributed by atoms with Crippen LogP contribution in [0.3, 0.4) is 0 Å². The van der Waals surface area contributed by atoms with Crippen molar-refractivity contribution in [1.82, 2.24) is 4.57 Å². The van der Waals surface area contributed by atoms with Gasteiger partial charge in [0.2, 0.25) is 0 Å². The minimum atomic E-state index is -0.767. The number of ether oxygens (including phenoxy) is 3. The van der Waals surface area contributed by atoms with Crippen molar-refractivity contribution in [3.05, 3.63) is 107 Å². The van der Waals surface area contributed by atoms with Gasteiger partial charge in [0.1, 0.15) is 23.0 Å². The number of carbonyl (C=O) groups is 1. The molecule has 0 aliphatic carbocycles. The normalized spacial score (nSPS) is 14.9. The molecule has 1 atom stereocenters. The monoisotopic (exact) mass is 589 g/mol. The summed E-state index contributed by atoms with van der Waals surface area (Å²) >= 11 is 1.17. The molecule has 216 valence electrons. The minimum absolute atomic E-state index is 0.109. The molecule has 4 aromatic rings. The van der Waals surface area contributed by atoms with Crippen LogP contribution in [-0.4, -0.2) is 35.8 Å². The van der Waals surface area contributed by atoms with E-state index in [4.69, 9.17) is 18.6 Å². The number of esters is 1. The average molecular weight is 590 g/mol. The van der Waals surface area contributed by atoms with E-state index in [2.05, 4.69) is 4.99 Å². The van der Waals surface area contributed by atoms with E-state index in [0.717, 1.165) is 0 Å². The predicted octanol–water partition coefficient (Wildman–Crippen LogP) is 4.37. The highest BCUT2D eigenvalue weighted by Crippen LogP contribution is 2.35. The van der Waals surface area contributed by atoms with Crippen LogP contribution < -0.4 is 24.4 Å². The summed E-state index contributed by atoms with van der Waals surface area (Å²) in [7, 11) is 2.98. The maximum atomic E-state index is 13.9. The zero-order valence-corrected chi connectivity index (χ0v) is 24.3. The van der Waals surface area contributed by atoms with Gasteiger partial charge in [0.25, 0.3) is 11.2 Å². The molecular weight excluding hydrogens is 562 g/mol. The summed E-state index contributed by atoms with van der Waals surface area (Å²) in [6.45, 7) is 5.24. The number of hydrogen-bond acceptors (Lipinski definition) is 10. The molecule has 0 saturated carbocycles. The van der Waals surface area contributed by atoms with Gasteiger partial charge in [-0.05, 0) is 56.7 Å². The first-order chi connectivity index (χ1) is 20.1. The Hall–Kier alpha value is -4.97. The lowest BCUT2D eigenvalue weighted by molar-refractivity contribution is -0.384. The van der Waals surface area contributed by atoms with E-state index in [-0.39, 0.29) is 28.7 Å². The van der Waals surface area contributed by atoms with Crippen LogP contribution in [0.1, 0.15) is 38.1 Å². The molecule has 5 rings (SSSR count). The Bertz CT molecular complexity index is 1900. The molecule has 2 aromatic carbocycles. The van der Waals surface area contributed by atoms with Crippen LogP contribution >= 0.6 is 11.3 Å². The standard InChI is InChI=1S/C30H27N3O8S/c1-16(2)40-29(35)26-17(3)31-30-32(27(26)18-6-9-20(38-4)10-7-18)28(34)25(42-30)15-21-11-13-23(41-21)22-12-8-19(33(36)37)14-24(22)39-5/h6-16,27H,1-5H3/b25-15-/t27-/m1/s1. The molecule has 11 nitrogen and oxygen atoms in total. The zero-order valence-electron chi connectivity index (χ0n) is 23.4. The summed E-state index contributed by atoms with van der Waals surface area (Å²) < 4.78 is 24.0. The SMILES string of the molecule is COc1ccc([C@@H]2C(C(=O)OC(C)C)=C(C)N=c3s/c(=C\c4ccc(-c5ccc([N+](=O)[O-])cc5OC)o4)c(=O)n32)cc1. The van der Waals surface area contributed by atoms with Gasteiger partial charge in [-0.2, -0.15) is 0 Å². The van der Waals surface area contributed by atoms with Gasteiger partial charge in [-0.25, -0.2) is 9.79 Å². The summed E-state index contributed by atoms with van der Waals surface area (Å²) in [5.74, 6) is 1.16. The second-order valence-electron chi connectivity index (χ2n) is 9.65. The van der Waals surface area contributed by atoms with Crippen molar-refractivity contribution in [3.63, 3.8) is 0 Å². The fourth-order valence-corrected chi connectivity index (χ4v) is 5.69. The van der Waals surface area contributed by atoms with E-state index >= 15 is 0 Å². The fourth-order valence-electron chi connectivity index (χ4n) is 4.66. The lowest BCUT2D eigenvalue weighted by atomic mass is 9.96. The molecule has 1 aliphatic rings. The smallest absolute Gasteiger partial charge is 0.338 e. The molecule has 2 aromatic heterocycles. The molecule has 0 bridgehead atoms. The summed E-state index contributed by atoms with van der Waals surface area (Å²) in [6.07, 6.45) is 1.24. The number of fused-ring (bicyclic) bond motifs is 1. The quantitative estimate of drug-likeness (QED) is 0.168. The number of nitro benzene ring substituents is 1. The maximum absolute atomic E-state index is 13.9. The molecule has 0 amide bonds. The third kappa shape index (κ3) is 5.36. The van der Waals surface area contributed by atoms with Crippen LogP contribution in [0.15, 0.2) is 80.1 Å². The number of thiazole rings is 1. The number of allylic oxidation sites excluding steroid dienone is 1. The molecule has 0 radical (unpaired) electrons. The van der Waals surface area contributed by atoms with E-state index in [0.29, 0.717) is 43.4 Å². The van der Waals surface area contributed by atoms with Gasteiger partial charge in [-0.3, -0.25) is 19.5 Å². The molecule has 42 heavy (non-hydrogen) atoms. The van der Waals surface area contributed by atoms with Gasteiger partial charge in [-0.15, -0.1) is 0 Å². The zero-order chi connectivity index (χ0) is 30.1. The van der Waals surface area contributed by atoms with Gasteiger partial charge in [0.15, 0.2) is 4.80 Å². The molecular formula is C30H27N3O8S. The Kier molecular flexibility index (Phi) is 7.81. The number of non-ortho nitro benzene ring substituents is 1. The van der Waals surface area contributed by atoms with E-state index < -0.39 is 16.9 Å². The minimum Gasteiger partial charge on any atom is -0.497 e. The van der Waals surface area contributed by atoms with Crippen LogP contribution in [0.4, 0.5) is 5.69 Å². The van der Waals surface area contributed by atoms with E-state index in [9.17, 15) is 19.7 Å². The van der Waals surface area contributed by atoms with Crippen molar-refractivity contribution >= 4 is 29.1 Å². The third-order valence-corrected chi connectivity index (χ3v) is 7.56. The summed E-state index contributed by atoms with van der Waals surface area (Å²) in [4.78, 5) is 42.8. The van der Waals surface area contributed by atoms with Crippen LogP contribution in [-0.2, 0) is 9.53 Å². The number of nitro groups is 1. The van der Waals surface area contributed by atoms with Crippen molar-refractivity contribution in [2.24, 2.45) is 4.99 Å². The van der Waals surface area contributed by atoms with E-state index in [1.807, 2.05) is 0 Å². The van der Waals surface area contributed by atoms with E-state index in [1.54, 1.807) is 76.4 Å². The first kappa shape index (κ1) is 28.6. The number of aromatic nitrogens is 1. The number of benzene rings is 2. The van der Waals surface area contributed by atoms with Crippen LogP contribution in [0.25, 0.3) is 17.4 Å². The Morgan fingerprint density at radius 1 is 1.12 bits per heavy atom. The molecule has 1 aliphatic heterocycles. The van der Waals surface area contributed by atoms with Crippen molar-refractivity contribution in [1.29, 1.82) is 0 Å². The predicted molar refractivity (Wildman–Crippen MR) is 155 cm³/mol. The van der Waals surface area contributed by atoms with E-state index in [1.165, 1.54) is 35.1 Å². The second-order valence-corrected chi connectivity index (χ2v) is 10.7. The van der Waals surface area contributed by atoms with Crippen LogP contribution in [0.2, 0.25) is 0 Å². The number of carbonyl (C=O) groups excluding carboxylic acids is 1. The van der Waals surface area contributed by atoms with Gasteiger partial charge in [0.05, 0.1) is 58.7 Å². The molecule has 3 heterocycles. The molecule has 0 saturated heterocycles. The third-order valence-electron chi connectivity index (χ3n) is 6.58. The Morgan fingerprint density at radius 3 is 2.50 bits per heavy atom. The first-order valence-electron chi connectivity index (χ1n) is 12.9. The van der Waals surface area contributed by atoms with Crippen LogP contribution in [0.5, 0.6) is 11.5 Å². The number of methoxy groups -OCH3 is 2. The lowest BCUT2D eigenvalue weighted by Gasteiger charge is -2.25. The highest BCUT2D eigenvalue weighted by atomic mass is 32.1. The summed E-state index contributed by atoms with van der Waals surface area (Å²) in [5.41, 5.74) is 1.49. The van der Waals surface area contributed by atoms with Gasteiger partial charge < -0.3 is 18.6 Å². The summed E-state index contributed by atoms with van der Waals surface area (Å²) in [6, 6.07) is 14.0. The second kappa shape index (κ2) is 11.5. The number of rotatable bonds is 8. The van der Waals surface area contributed by atoms with Crippen molar-refractivity contribution in [2.45, 2.75) is 32.9 Å². The molecule has 0 unspecified atom stereocenters. The summed E-state index contributed by atoms with van der Waals surface area (Å²) in [5, 5.41) is 11.2. The maximum Gasteiger partial charge on any atom is 0.338 e. The lowest BCUT2D eigenvalue weighted by Crippen LogP contribution is -2.40. The Morgan fingerprint density at radius 2 is 1.86 bits per heavy atom. The number of hydrogen-bond donors (Lipinski definition) is 0. The number of nitrogens with zero attached hydrogens (tertiary/aromatic N) is 3. The number of furan rings is 1. The van der Waals surface area contributed by atoms with Crippen LogP contribution in [0, 0.1) is 10.1 Å². The average Bonchev–Trinajstić information content (AvgIpc) is 3.55.